The minimum absolute atomic E-state index is 0.242. The fourth-order valence-electron chi connectivity index (χ4n) is 2.81. The lowest BCUT2D eigenvalue weighted by molar-refractivity contribution is 0.650. The maximum Gasteiger partial charge on any atom is 0.101 e. The summed E-state index contributed by atoms with van der Waals surface area (Å²) in [6, 6.07) is 14.5. The molecule has 22 heavy (non-hydrogen) atoms. The van der Waals surface area contributed by atoms with E-state index in [0.29, 0.717) is 5.56 Å². The average molecular weight is 290 g/mol. The number of hydrogen-bond donors (Lipinski definition) is 2. The van der Waals surface area contributed by atoms with Crippen molar-refractivity contribution < 1.29 is 0 Å². The molecule has 3 rings (SSSR count). The van der Waals surface area contributed by atoms with Crippen LogP contribution in [-0.4, -0.2) is 23.6 Å². The molecule has 1 atom stereocenters. The second-order valence-electron chi connectivity index (χ2n) is 5.32. The molecule has 110 valence electrons. The molecule has 1 aromatic carbocycles. The van der Waals surface area contributed by atoms with Crippen molar-refractivity contribution in [2.75, 3.05) is 13.6 Å². The highest BCUT2D eigenvalue weighted by molar-refractivity contribution is 5.86. The molecule has 0 aliphatic rings. The zero-order chi connectivity index (χ0) is 15.4. The highest BCUT2D eigenvalue weighted by Gasteiger charge is 2.16. The first-order valence-corrected chi connectivity index (χ1v) is 7.40. The molecule has 0 radical (unpaired) electrons. The predicted octanol–water partition coefficient (Wildman–Crippen LogP) is 3.18. The largest absolute Gasteiger partial charge is 0.360 e. The summed E-state index contributed by atoms with van der Waals surface area (Å²) in [6.07, 6.45) is 4.57. The minimum atomic E-state index is 0.242. The van der Waals surface area contributed by atoms with Crippen molar-refractivity contribution in [3.63, 3.8) is 0 Å². The first kappa shape index (κ1) is 14.3. The third-order valence-electron chi connectivity index (χ3n) is 3.96. The molecule has 0 aliphatic carbocycles. The lowest BCUT2D eigenvalue weighted by Crippen LogP contribution is -2.14. The van der Waals surface area contributed by atoms with Crippen LogP contribution >= 0.6 is 0 Å². The first-order chi connectivity index (χ1) is 10.8. The van der Waals surface area contributed by atoms with Gasteiger partial charge in [-0.2, -0.15) is 5.26 Å². The van der Waals surface area contributed by atoms with Crippen LogP contribution in [0.5, 0.6) is 0 Å². The maximum absolute atomic E-state index is 9.11. The van der Waals surface area contributed by atoms with Gasteiger partial charge in [-0.3, -0.25) is 4.98 Å². The molecule has 0 amide bonds. The van der Waals surface area contributed by atoms with E-state index in [1.54, 1.807) is 6.20 Å². The van der Waals surface area contributed by atoms with Crippen molar-refractivity contribution in [2.45, 2.75) is 12.3 Å². The average Bonchev–Trinajstić information content (AvgIpc) is 2.98. The molecule has 4 heteroatoms. The standard InChI is InChI=1S/C18H18N4/c1-20-9-7-16(17-4-2-3-8-21-17)13-5-6-15-14(11-19)12-22-18(15)10-13/h2-6,8,10,12,16,20,22H,7,9H2,1H3. The van der Waals surface area contributed by atoms with Crippen LogP contribution in [0.25, 0.3) is 10.9 Å². The Kier molecular flexibility index (Phi) is 4.17. The maximum atomic E-state index is 9.11. The smallest absolute Gasteiger partial charge is 0.101 e. The summed E-state index contributed by atoms with van der Waals surface area (Å²) < 4.78 is 0. The summed E-state index contributed by atoms with van der Waals surface area (Å²) in [4.78, 5) is 7.70. The molecule has 0 saturated heterocycles. The fourth-order valence-corrected chi connectivity index (χ4v) is 2.81. The van der Waals surface area contributed by atoms with Crippen molar-refractivity contribution in [3.8, 4) is 6.07 Å². The molecular formula is C18H18N4. The highest BCUT2D eigenvalue weighted by Crippen LogP contribution is 2.29. The topological polar surface area (TPSA) is 64.5 Å². The van der Waals surface area contributed by atoms with E-state index in [2.05, 4.69) is 39.6 Å². The van der Waals surface area contributed by atoms with Crippen molar-refractivity contribution >= 4 is 10.9 Å². The van der Waals surface area contributed by atoms with Gasteiger partial charge in [-0.05, 0) is 43.8 Å². The quantitative estimate of drug-likeness (QED) is 0.758. The number of fused-ring (bicyclic) bond motifs is 1. The molecule has 2 heterocycles. The predicted molar refractivity (Wildman–Crippen MR) is 87.6 cm³/mol. The third kappa shape index (κ3) is 2.72. The lowest BCUT2D eigenvalue weighted by Gasteiger charge is -2.17. The molecule has 2 N–H and O–H groups in total. The van der Waals surface area contributed by atoms with Crippen molar-refractivity contribution in [1.82, 2.24) is 15.3 Å². The van der Waals surface area contributed by atoms with Gasteiger partial charge in [0.1, 0.15) is 6.07 Å². The minimum Gasteiger partial charge on any atom is -0.360 e. The third-order valence-corrected chi connectivity index (χ3v) is 3.96. The monoisotopic (exact) mass is 290 g/mol. The molecule has 3 aromatic rings. The number of aromatic nitrogens is 2. The zero-order valence-corrected chi connectivity index (χ0v) is 12.5. The Morgan fingerprint density at radius 3 is 2.95 bits per heavy atom. The molecule has 4 nitrogen and oxygen atoms in total. The summed E-state index contributed by atoms with van der Waals surface area (Å²) in [5.74, 6) is 0.242. The number of aromatic amines is 1. The fraction of sp³-hybridized carbons (Fsp3) is 0.222. The first-order valence-electron chi connectivity index (χ1n) is 7.40. The van der Waals surface area contributed by atoms with Gasteiger partial charge in [-0.15, -0.1) is 0 Å². The van der Waals surface area contributed by atoms with E-state index >= 15 is 0 Å². The second kappa shape index (κ2) is 6.42. The molecule has 1 unspecified atom stereocenters. The number of nitrogens with one attached hydrogen (secondary N) is 2. The Hall–Kier alpha value is -2.64. The highest BCUT2D eigenvalue weighted by atomic mass is 14.8. The molecule has 0 spiro atoms. The summed E-state index contributed by atoms with van der Waals surface area (Å²) in [7, 11) is 1.96. The van der Waals surface area contributed by atoms with E-state index in [1.807, 2.05) is 31.4 Å². The van der Waals surface area contributed by atoms with E-state index in [1.165, 1.54) is 5.56 Å². The summed E-state index contributed by atoms with van der Waals surface area (Å²) >= 11 is 0. The van der Waals surface area contributed by atoms with Crippen molar-refractivity contribution in [2.24, 2.45) is 0 Å². The van der Waals surface area contributed by atoms with Gasteiger partial charge in [-0.25, -0.2) is 0 Å². The number of rotatable bonds is 5. The van der Waals surface area contributed by atoms with Crippen LogP contribution in [0, 0.1) is 11.3 Å². The van der Waals surface area contributed by atoms with Gasteiger partial charge < -0.3 is 10.3 Å². The van der Waals surface area contributed by atoms with E-state index in [0.717, 1.165) is 29.6 Å². The van der Waals surface area contributed by atoms with Crippen LogP contribution in [0.4, 0.5) is 0 Å². The molecule has 0 aliphatic heterocycles. The van der Waals surface area contributed by atoms with Crippen LogP contribution in [0.15, 0.2) is 48.8 Å². The number of benzene rings is 1. The van der Waals surface area contributed by atoms with E-state index < -0.39 is 0 Å². The number of nitriles is 1. The van der Waals surface area contributed by atoms with E-state index in [9.17, 15) is 0 Å². The van der Waals surface area contributed by atoms with E-state index in [-0.39, 0.29) is 5.92 Å². The number of pyridine rings is 1. The van der Waals surface area contributed by atoms with Gasteiger partial charge in [0.25, 0.3) is 0 Å². The van der Waals surface area contributed by atoms with Gasteiger partial charge >= 0.3 is 0 Å². The van der Waals surface area contributed by atoms with Crippen LogP contribution in [0.2, 0.25) is 0 Å². The molecule has 0 bridgehead atoms. The Bertz CT molecular complexity index is 799. The van der Waals surface area contributed by atoms with Crippen molar-refractivity contribution in [1.29, 1.82) is 5.26 Å². The zero-order valence-electron chi connectivity index (χ0n) is 12.5. The Labute approximate surface area is 129 Å². The summed E-state index contributed by atoms with van der Waals surface area (Å²) in [5, 5.41) is 13.3. The number of nitrogens with zero attached hydrogens (tertiary/aromatic N) is 2. The SMILES string of the molecule is CNCCC(c1ccc2c(C#N)c[nH]c2c1)c1ccccn1. The lowest BCUT2D eigenvalue weighted by atomic mass is 9.91. The van der Waals surface area contributed by atoms with Crippen LogP contribution < -0.4 is 5.32 Å². The molecule has 0 fully saturated rings. The molecular weight excluding hydrogens is 272 g/mol. The summed E-state index contributed by atoms with van der Waals surface area (Å²) in [6.45, 7) is 0.924. The normalized spacial score (nSPS) is 12.2. The Morgan fingerprint density at radius 2 is 2.23 bits per heavy atom. The summed E-state index contributed by atoms with van der Waals surface area (Å²) in [5.41, 5.74) is 3.97. The van der Waals surface area contributed by atoms with Crippen LogP contribution in [0.3, 0.4) is 0 Å². The molecule has 2 aromatic heterocycles. The van der Waals surface area contributed by atoms with Crippen LogP contribution in [-0.2, 0) is 0 Å². The van der Waals surface area contributed by atoms with Crippen molar-refractivity contribution in [3.05, 3.63) is 65.6 Å². The van der Waals surface area contributed by atoms with Gasteiger partial charge in [-0.1, -0.05) is 18.2 Å². The van der Waals surface area contributed by atoms with Crippen LogP contribution in [0.1, 0.15) is 29.2 Å². The number of H-pyrrole nitrogens is 1. The Morgan fingerprint density at radius 1 is 1.32 bits per heavy atom. The molecule has 0 saturated carbocycles. The van der Waals surface area contributed by atoms with Gasteiger partial charge in [0.15, 0.2) is 0 Å². The second-order valence-corrected chi connectivity index (χ2v) is 5.32. The van der Waals surface area contributed by atoms with Gasteiger partial charge in [0.2, 0.25) is 0 Å². The van der Waals surface area contributed by atoms with Gasteiger partial charge in [0.05, 0.1) is 5.56 Å². The number of hydrogen-bond acceptors (Lipinski definition) is 3. The van der Waals surface area contributed by atoms with E-state index in [4.69, 9.17) is 5.26 Å². The Balaban J connectivity index is 2.02. The van der Waals surface area contributed by atoms with Gasteiger partial charge in [0, 0.05) is 34.9 Å².